The van der Waals surface area contributed by atoms with E-state index in [1.54, 1.807) is 14.2 Å². The van der Waals surface area contributed by atoms with E-state index in [0.29, 0.717) is 12.8 Å². The van der Waals surface area contributed by atoms with Gasteiger partial charge in [0.1, 0.15) is 11.5 Å². The first-order valence-electron chi connectivity index (χ1n) is 8.10. The number of hydrogen-bond donors (Lipinski definition) is 1. The van der Waals surface area contributed by atoms with Crippen LogP contribution in [-0.4, -0.2) is 20.1 Å². The Bertz CT molecular complexity index is 680. The van der Waals surface area contributed by atoms with Crippen LogP contribution in [0.2, 0.25) is 0 Å². The zero-order valence-electron chi connectivity index (χ0n) is 14.8. The molecule has 1 unspecified atom stereocenters. The fourth-order valence-electron chi connectivity index (χ4n) is 2.58. The van der Waals surface area contributed by atoms with Crippen LogP contribution in [0, 0.1) is 6.92 Å². The number of amides is 1. The molecular formula is C20H25NO3. The van der Waals surface area contributed by atoms with Crippen molar-refractivity contribution in [2.45, 2.75) is 32.7 Å². The van der Waals surface area contributed by atoms with Crippen molar-refractivity contribution in [1.29, 1.82) is 0 Å². The highest BCUT2D eigenvalue weighted by Gasteiger charge is 2.11. The first-order chi connectivity index (χ1) is 11.5. The average Bonchev–Trinajstić information content (AvgIpc) is 2.60. The molecule has 0 bridgehead atoms. The van der Waals surface area contributed by atoms with Gasteiger partial charge in [-0.3, -0.25) is 4.79 Å². The number of rotatable bonds is 7. The summed E-state index contributed by atoms with van der Waals surface area (Å²) in [7, 11) is 3.26. The van der Waals surface area contributed by atoms with Gasteiger partial charge in [-0.15, -0.1) is 0 Å². The van der Waals surface area contributed by atoms with Gasteiger partial charge in [-0.2, -0.15) is 0 Å². The van der Waals surface area contributed by atoms with Crippen LogP contribution >= 0.6 is 0 Å². The predicted octanol–water partition coefficient (Wildman–Crippen LogP) is 3.82. The van der Waals surface area contributed by atoms with Gasteiger partial charge >= 0.3 is 0 Å². The highest BCUT2D eigenvalue weighted by molar-refractivity contribution is 5.76. The van der Waals surface area contributed by atoms with E-state index >= 15 is 0 Å². The summed E-state index contributed by atoms with van der Waals surface area (Å²) in [5.41, 5.74) is 3.28. The number of carbonyl (C=O) groups excluding carboxylic acids is 1. The van der Waals surface area contributed by atoms with Crippen LogP contribution in [0.25, 0.3) is 0 Å². The summed E-state index contributed by atoms with van der Waals surface area (Å²) in [4.78, 5) is 12.2. The summed E-state index contributed by atoms with van der Waals surface area (Å²) in [5, 5.41) is 3.04. The Morgan fingerprint density at radius 1 is 1.08 bits per heavy atom. The monoisotopic (exact) mass is 327 g/mol. The van der Waals surface area contributed by atoms with Crippen molar-refractivity contribution in [3.63, 3.8) is 0 Å². The minimum Gasteiger partial charge on any atom is -0.497 e. The zero-order chi connectivity index (χ0) is 17.5. The number of nitrogens with one attached hydrogen (secondary N) is 1. The van der Waals surface area contributed by atoms with E-state index in [1.165, 1.54) is 5.56 Å². The second kappa shape index (κ2) is 8.39. The quantitative estimate of drug-likeness (QED) is 0.841. The van der Waals surface area contributed by atoms with Crippen LogP contribution in [0.4, 0.5) is 0 Å². The molecule has 0 aliphatic heterocycles. The van der Waals surface area contributed by atoms with Crippen LogP contribution < -0.4 is 14.8 Å². The number of hydrogen-bond acceptors (Lipinski definition) is 3. The lowest BCUT2D eigenvalue weighted by atomic mass is 10.1. The van der Waals surface area contributed by atoms with Crippen molar-refractivity contribution < 1.29 is 14.3 Å². The number of benzene rings is 2. The molecule has 0 aliphatic rings. The van der Waals surface area contributed by atoms with Crippen molar-refractivity contribution in [2.75, 3.05) is 14.2 Å². The maximum atomic E-state index is 12.2. The maximum absolute atomic E-state index is 12.2. The van der Waals surface area contributed by atoms with E-state index in [0.717, 1.165) is 22.6 Å². The number of carbonyl (C=O) groups is 1. The van der Waals surface area contributed by atoms with E-state index in [-0.39, 0.29) is 11.9 Å². The zero-order valence-corrected chi connectivity index (χ0v) is 14.8. The first-order valence-corrected chi connectivity index (χ1v) is 8.10. The third-order valence-electron chi connectivity index (χ3n) is 4.06. The molecule has 1 N–H and O–H groups in total. The summed E-state index contributed by atoms with van der Waals surface area (Å²) >= 11 is 0. The Hall–Kier alpha value is -2.49. The third-order valence-corrected chi connectivity index (χ3v) is 4.06. The summed E-state index contributed by atoms with van der Waals surface area (Å²) in [5.74, 6) is 1.56. The molecule has 128 valence electrons. The van der Waals surface area contributed by atoms with E-state index in [2.05, 4.69) is 24.4 Å². The molecule has 0 aliphatic carbocycles. The molecule has 0 radical (unpaired) electrons. The van der Waals surface area contributed by atoms with Crippen LogP contribution in [-0.2, 0) is 11.2 Å². The van der Waals surface area contributed by atoms with Gasteiger partial charge in [0.05, 0.1) is 20.3 Å². The second-order valence-electron chi connectivity index (χ2n) is 5.88. The van der Waals surface area contributed by atoms with Gasteiger partial charge in [0.2, 0.25) is 5.91 Å². The van der Waals surface area contributed by atoms with Gasteiger partial charge in [0.15, 0.2) is 0 Å². The van der Waals surface area contributed by atoms with Gasteiger partial charge in [-0.1, -0.05) is 29.8 Å². The summed E-state index contributed by atoms with van der Waals surface area (Å²) in [6.45, 7) is 4.04. The molecule has 2 aromatic rings. The van der Waals surface area contributed by atoms with Crippen molar-refractivity contribution in [3.8, 4) is 11.5 Å². The lowest BCUT2D eigenvalue weighted by Crippen LogP contribution is -2.26. The van der Waals surface area contributed by atoms with Gasteiger partial charge in [0.25, 0.3) is 0 Å². The first kappa shape index (κ1) is 17.9. The van der Waals surface area contributed by atoms with Gasteiger partial charge < -0.3 is 14.8 Å². The van der Waals surface area contributed by atoms with Gasteiger partial charge in [-0.05, 0) is 49.6 Å². The number of ether oxygens (including phenoxy) is 2. The van der Waals surface area contributed by atoms with Crippen molar-refractivity contribution >= 4 is 5.91 Å². The SMILES string of the molecule is COc1ccc(OC)c(CCC(=O)NC(C)c2ccc(C)cc2)c1. The maximum Gasteiger partial charge on any atom is 0.220 e. The standard InChI is InChI=1S/C20H25NO3/c1-14-5-7-16(8-6-14)15(2)21-20(22)12-9-17-13-18(23-3)10-11-19(17)24-4/h5-8,10-11,13,15H,9,12H2,1-4H3,(H,21,22). The van der Waals surface area contributed by atoms with Crippen molar-refractivity contribution in [2.24, 2.45) is 0 Å². The Kier molecular flexibility index (Phi) is 6.24. The molecule has 0 saturated carbocycles. The normalized spacial score (nSPS) is 11.7. The predicted molar refractivity (Wildman–Crippen MR) is 95.6 cm³/mol. The third kappa shape index (κ3) is 4.75. The smallest absolute Gasteiger partial charge is 0.220 e. The van der Waals surface area contributed by atoms with E-state index in [4.69, 9.17) is 9.47 Å². The molecule has 4 heteroatoms. The topological polar surface area (TPSA) is 47.6 Å². The Balaban J connectivity index is 1.94. The van der Waals surface area contributed by atoms with Gasteiger partial charge in [-0.25, -0.2) is 0 Å². The number of aryl methyl sites for hydroxylation is 2. The Morgan fingerprint density at radius 2 is 1.79 bits per heavy atom. The summed E-state index contributed by atoms with van der Waals surface area (Å²) in [6.07, 6.45) is 1.01. The molecule has 0 saturated heterocycles. The molecule has 1 amide bonds. The summed E-state index contributed by atoms with van der Waals surface area (Å²) < 4.78 is 10.6. The fourth-order valence-corrected chi connectivity index (χ4v) is 2.58. The molecule has 0 aromatic heterocycles. The minimum absolute atomic E-state index is 0.00898. The fraction of sp³-hybridized carbons (Fsp3) is 0.350. The molecule has 24 heavy (non-hydrogen) atoms. The molecule has 0 heterocycles. The van der Waals surface area contributed by atoms with E-state index in [9.17, 15) is 4.79 Å². The van der Waals surface area contributed by atoms with E-state index in [1.807, 2.05) is 37.3 Å². The van der Waals surface area contributed by atoms with Crippen LogP contribution in [0.5, 0.6) is 11.5 Å². The highest BCUT2D eigenvalue weighted by Crippen LogP contribution is 2.25. The lowest BCUT2D eigenvalue weighted by Gasteiger charge is -2.15. The molecule has 2 aromatic carbocycles. The van der Waals surface area contributed by atoms with Crippen molar-refractivity contribution in [1.82, 2.24) is 5.32 Å². The average molecular weight is 327 g/mol. The highest BCUT2D eigenvalue weighted by atomic mass is 16.5. The van der Waals surface area contributed by atoms with Crippen LogP contribution in [0.15, 0.2) is 42.5 Å². The second-order valence-corrected chi connectivity index (χ2v) is 5.88. The van der Waals surface area contributed by atoms with Crippen LogP contribution in [0.1, 0.15) is 36.1 Å². The van der Waals surface area contributed by atoms with E-state index < -0.39 is 0 Å². The lowest BCUT2D eigenvalue weighted by molar-refractivity contribution is -0.121. The molecular weight excluding hydrogens is 302 g/mol. The van der Waals surface area contributed by atoms with Crippen molar-refractivity contribution in [3.05, 3.63) is 59.2 Å². The Labute approximate surface area is 143 Å². The summed E-state index contributed by atoms with van der Waals surface area (Å²) in [6, 6.07) is 13.8. The molecule has 2 rings (SSSR count). The largest absolute Gasteiger partial charge is 0.497 e. The van der Waals surface area contributed by atoms with Gasteiger partial charge in [0, 0.05) is 6.42 Å². The minimum atomic E-state index is -0.00898. The molecule has 0 spiro atoms. The van der Waals surface area contributed by atoms with Crippen LogP contribution in [0.3, 0.4) is 0 Å². The molecule has 4 nitrogen and oxygen atoms in total. The Morgan fingerprint density at radius 3 is 2.42 bits per heavy atom. The molecule has 1 atom stereocenters. The molecule has 0 fully saturated rings. The number of methoxy groups -OCH3 is 2.